The Balaban J connectivity index is 1.31. The van der Waals surface area contributed by atoms with Crippen molar-refractivity contribution in [2.75, 3.05) is 30.8 Å². The van der Waals surface area contributed by atoms with E-state index in [0.29, 0.717) is 30.5 Å². The lowest BCUT2D eigenvalue weighted by molar-refractivity contribution is -0.144. The molecule has 9 nitrogen and oxygen atoms in total. The molecule has 4 rings (SSSR count). The third-order valence-corrected chi connectivity index (χ3v) is 7.47. The number of urea groups is 1. The molecule has 0 unspecified atom stereocenters. The van der Waals surface area contributed by atoms with Crippen molar-refractivity contribution in [3.63, 3.8) is 0 Å². The Bertz CT molecular complexity index is 1350. The maximum absolute atomic E-state index is 12.9. The summed E-state index contributed by atoms with van der Waals surface area (Å²) in [7, 11) is 1.34. The molecule has 1 aliphatic heterocycles. The van der Waals surface area contributed by atoms with E-state index in [4.69, 9.17) is 5.10 Å². The third-order valence-electron chi connectivity index (χ3n) is 7.47. The van der Waals surface area contributed by atoms with Gasteiger partial charge in [0.1, 0.15) is 5.82 Å². The Morgan fingerprint density at radius 1 is 0.951 bits per heavy atom. The number of aryl methyl sites for hydroxylation is 1. The summed E-state index contributed by atoms with van der Waals surface area (Å²) < 4.78 is 6.39. The van der Waals surface area contributed by atoms with Crippen LogP contribution in [0, 0.1) is 12.8 Å². The second-order valence-corrected chi connectivity index (χ2v) is 11.8. The lowest BCUT2D eigenvalue weighted by Gasteiger charge is -2.32. The number of piperidine rings is 1. The molecule has 2 N–H and O–H groups in total. The number of hydrogen-bond donors (Lipinski definition) is 2. The number of amides is 3. The number of carbonyl (C=O) groups is 3. The fraction of sp³-hybridized carbons (Fsp3) is 0.438. The molecule has 0 spiro atoms. The van der Waals surface area contributed by atoms with Crippen LogP contribution in [-0.2, 0) is 26.2 Å². The van der Waals surface area contributed by atoms with Crippen LogP contribution < -0.4 is 10.6 Å². The fourth-order valence-electron chi connectivity index (χ4n) is 4.91. The van der Waals surface area contributed by atoms with Gasteiger partial charge in [0.2, 0.25) is 5.91 Å². The van der Waals surface area contributed by atoms with Gasteiger partial charge in [-0.1, -0.05) is 50.6 Å². The van der Waals surface area contributed by atoms with Crippen molar-refractivity contribution in [3.05, 3.63) is 71.4 Å². The van der Waals surface area contributed by atoms with Gasteiger partial charge in [0.15, 0.2) is 0 Å². The number of ether oxygens (including phenoxy) is 1. The van der Waals surface area contributed by atoms with Crippen molar-refractivity contribution in [2.24, 2.45) is 5.92 Å². The molecule has 41 heavy (non-hydrogen) atoms. The van der Waals surface area contributed by atoms with Crippen LogP contribution in [0.4, 0.5) is 16.3 Å². The largest absolute Gasteiger partial charge is 0.469 e. The minimum Gasteiger partial charge on any atom is -0.469 e. The summed E-state index contributed by atoms with van der Waals surface area (Å²) in [4.78, 5) is 38.4. The smallest absolute Gasteiger partial charge is 0.324 e. The molecular weight excluding hydrogens is 518 g/mol. The molecule has 2 aromatic carbocycles. The molecule has 218 valence electrons. The maximum Gasteiger partial charge on any atom is 0.324 e. The number of aromatic nitrogens is 2. The van der Waals surface area contributed by atoms with Gasteiger partial charge < -0.3 is 15.0 Å². The summed E-state index contributed by atoms with van der Waals surface area (Å²) in [5.41, 5.74) is 4.64. The molecule has 1 aromatic heterocycles. The van der Waals surface area contributed by atoms with Gasteiger partial charge in [0, 0.05) is 36.7 Å². The van der Waals surface area contributed by atoms with Gasteiger partial charge in [-0.2, -0.15) is 5.10 Å². The molecule has 2 heterocycles. The van der Waals surface area contributed by atoms with Gasteiger partial charge in [0.25, 0.3) is 0 Å². The molecule has 3 amide bonds. The van der Waals surface area contributed by atoms with E-state index in [1.807, 2.05) is 66.4 Å². The second kappa shape index (κ2) is 13.0. The summed E-state index contributed by atoms with van der Waals surface area (Å²) in [6.07, 6.45) is 3.10. The van der Waals surface area contributed by atoms with Gasteiger partial charge in [-0.15, -0.1) is 0 Å². The summed E-state index contributed by atoms with van der Waals surface area (Å²) in [6.45, 7) is 9.74. The number of likely N-dealkylation sites (tertiary alicyclic amines) is 1. The number of esters is 1. The molecule has 0 bridgehead atoms. The van der Waals surface area contributed by atoms with Crippen LogP contribution in [0.5, 0.6) is 0 Å². The molecule has 0 saturated carbocycles. The number of nitrogens with one attached hydrogen (secondary N) is 2. The molecule has 9 heteroatoms. The molecule has 1 aliphatic rings. The first-order valence-corrected chi connectivity index (χ1v) is 14.2. The zero-order valence-corrected chi connectivity index (χ0v) is 24.7. The minimum atomic E-state index is -0.354. The molecule has 0 aliphatic carbocycles. The van der Waals surface area contributed by atoms with E-state index in [-0.39, 0.29) is 36.2 Å². The van der Waals surface area contributed by atoms with Crippen molar-refractivity contribution in [1.82, 2.24) is 14.7 Å². The molecule has 0 atom stereocenters. The van der Waals surface area contributed by atoms with E-state index >= 15 is 0 Å². The highest BCUT2D eigenvalue weighted by molar-refractivity contribution is 5.99. The summed E-state index contributed by atoms with van der Waals surface area (Å²) in [5, 5.41) is 10.7. The van der Waals surface area contributed by atoms with Gasteiger partial charge in [0.05, 0.1) is 24.9 Å². The highest BCUT2D eigenvalue weighted by atomic mass is 16.5. The van der Waals surface area contributed by atoms with Crippen LogP contribution in [0.2, 0.25) is 0 Å². The Morgan fingerprint density at radius 3 is 2.22 bits per heavy atom. The second-order valence-electron chi connectivity index (χ2n) is 11.8. The third kappa shape index (κ3) is 8.19. The Hall–Kier alpha value is -4.14. The van der Waals surface area contributed by atoms with Crippen LogP contribution in [0.15, 0.2) is 54.6 Å². The van der Waals surface area contributed by atoms with E-state index in [1.54, 1.807) is 4.68 Å². The Labute approximate surface area is 242 Å². The monoisotopic (exact) mass is 559 g/mol. The minimum absolute atomic E-state index is 0.0131. The van der Waals surface area contributed by atoms with Crippen LogP contribution in [-0.4, -0.2) is 52.8 Å². The normalized spacial score (nSPS) is 14.0. The number of rotatable bonds is 8. The van der Waals surface area contributed by atoms with Gasteiger partial charge >= 0.3 is 12.0 Å². The Kier molecular flexibility index (Phi) is 9.47. The van der Waals surface area contributed by atoms with Crippen molar-refractivity contribution in [2.45, 2.75) is 65.2 Å². The first kappa shape index (κ1) is 29.8. The van der Waals surface area contributed by atoms with Crippen molar-refractivity contribution < 1.29 is 19.1 Å². The van der Waals surface area contributed by atoms with Crippen LogP contribution >= 0.6 is 0 Å². The zero-order valence-electron chi connectivity index (χ0n) is 24.7. The number of anilines is 2. The number of benzene rings is 2. The first-order valence-electron chi connectivity index (χ1n) is 14.2. The SMILES string of the molecule is COC(=O)CCC(=O)N1CCC(Cc2ccc(NC(=O)Nc3cc(C(C)(C)C)nn3-c3ccc(C)cc3)cc2)CC1. The molecule has 3 aromatic rings. The summed E-state index contributed by atoms with van der Waals surface area (Å²) in [6, 6.07) is 17.5. The van der Waals surface area contributed by atoms with Gasteiger partial charge in [-0.3, -0.25) is 14.9 Å². The number of hydrogen-bond acceptors (Lipinski definition) is 5. The van der Waals surface area contributed by atoms with E-state index in [2.05, 4.69) is 36.1 Å². The van der Waals surface area contributed by atoms with Crippen molar-refractivity contribution in [1.29, 1.82) is 0 Å². The standard InChI is InChI=1S/C32H41N5O4/c1-22-6-12-26(13-7-22)37-28(21-27(35-37)32(2,3)4)34-31(40)33-25-10-8-23(9-11-25)20-24-16-18-36(19-17-24)29(38)14-15-30(39)41-5/h6-13,21,24H,14-20H2,1-5H3,(H2,33,34,40). The van der Waals surface area contributed by atoms with Crippen LogP contribution in [0.25, 0.3) is 5.69 Å². The summed E-state index contributed by atoms with van der Waals surface area (Å²) >= 11 is 0. The van der Waals surface area contributed by atoms with Gasteiger partial charge in [-0.25, -0.2) is 9.48 Å². The predicted octanol–water partition coefficient (Wildman–Crippen LogP) is 5.86. The molecule has 1 fully saturated rings. The van der Waals surface area contributed by atoms with E-state index in [0.717, 1.165) is 36.2 Å². The maximum atomic E-state index is 12.9. The van der Waals surface area contributed by atoms with E-state index < -0.39 is 0 Å². The highest BCUT2D eigenvalue weighted by Crippen LogP contribution is 2.27. The van der Waals surface area contributed by atoms with Crippen LogP contribution in [0.1, 0.15) is 63.3 Å². The average Bonchev–Trinajstić information content (AvgIpc) is 3.37. The summed E-state index contributed by atoms with van der Waals surface area (Å²) in [5.74, 6) is 0.746. The number of methoxy groups -OCH3 is 1. The lowest BCUT2D eigenvalue weighted by Crippen LogP contribution is -2.39. The fourth-order valence-corrected chi connectivity index (χ4v) is 4.91. The number of carbonyl (C=O) groups excluding carboxylic acids is 3. The zero-order chi connectivity index (χ0) is 29.6. The van der Waals surface area contributed by atoms with E-state index in [9.17, 15) is 14.4 Å². The predicted molar refractivity (Wildman–Crippen MR) is 160 cm³/mol. The van der Waals surface area contributed by atoms with Crippen molar-refractivity contribution >= 4 is 29.4 Å². The molecule has 0 radical (unpaired) electrons. The topological polar surface area (TPSA) is 106 Å². The van der Waals surface area contributed by atoms with E-state index in [1.165, 1.54) is 12.7 Å². The average molecular weight is 560 g/mol. The number of nitrogens with zero attached hydrogens (tertiary/aromatic N) is 3. The van der Waals surface area contributed by atoms with Crippen molar-refractivity contribution in [3.8, 4) is 5.69 Å². The Morgan fingerprint density at radius 2 is 1.61 bits per heavy atom. The van der Waals surface area contributed by atoms with Crippen LogP contribution in [0.3, 0.4) is 0 Å². The quantitative estimate of drug-likeness (QED) is 0.337. The lowest BCUT2D eigenvalue weighted by atomic mass is 9.90. The molecule has 1 saturated heterocycles. The first-order chi connectivity index (χ1) is 19.5. The van der Waals surface area contributed by atoms with Gasteiger partial charge in [-0.05, 0) is 61.9 Å². The molecular formula is C32H41N5O4. The highest BCUT2D eigenvalue weighted by Gasteiger charge is 2.24.